The molecule has 0 unspecified atom stereocenters. The molecule has 0 spiro atoms. The van der Waals surface area contributed by atoms with Gasteiger partial charge in [0.1, 0.15) is 78.5 Å². The van der Waals surface area contributed by atoms with E-state index in [2.05, 4.69) is 85.1 Å². The molecule has 14 atom stereocenters. The fourth-order valence-electron chi connectivity index (χ4n) is 13.7. The number of carboxylic acid groups (broad SMARTS) is 4. The summed E-state index contributed by atoms with van der Waals surface area (Å²) in [6, 6.07) is 4.84. The second-order valence-electron chi connectivity index (χ2n) is 33.4. The van der Waals surface area contributed by atoms with Gasteiger partial charge in [0.2, 0.25) is 88.6 Å². The number of carbonyl (C=O) groups excluding carboxylic acids is 15. The van der Waals surface area contributed by atoms with Gasteiger partial charge in [-0.25, -0.2) is 0 Å². The molecule has 0 aromatic heterocycles. The van der Waals surface area contributed by atoms with E-state index < -0.39 is 267 Å². The highest BCUT2D eigenvalue weighted by Crippen LogP contribution is 2.18. The third kappa shape index (κ3) is 44.9. The standard InChI is InChI=1S/C89H136N20O23/c1-10-11-30-57(98-82(126)61(35-39-69(91)110)100-79(123)58(31-21-22-43-90)99-81(125)60(34-33-54-24-15-12-16-25-54)104-86(130)66(45-50(2)3)107-85(129)65(48-73(117)118)96-49-56-28-19-14-20-29-56)78(122)102-63(37-41-71(113)114)84(128)103-64(38-42-72(115)116)83(127)101-62(36-40-70(111)112)77(121)97-53(8)75(119)109-74(52(6)7)88(132)105-59(32-23-44-95-89(92)93)80(124)106-67(46-51(4)5)87(131)108-68(76(120)94-9)47-55-26-17-13-18-27-55/h12-20,24-29,50-53,57-68,74,96H,10-11,21-23,30-49,90H2,1-9H3,(H2,91,110)(H,94,120)(H,97,121)(H,98,126)(H,99,125)(H,100,123)(H,101,127)(H,102,122)(H,103,128)(H,104,130)(H,105,132)(H,106,124)(H,107,129)(H,108,131)(H,109,119)(H,111,112)(H,113,114)(H,115,116)(H,117,118)(H4,92,93,95)/t53-,57-,58-,59-,60+,61-,62-,63-,64-,65-,66-,67-,68-,74-/m0/s1. The lowest BCUT2D eigenvalue weighted by Gasteiger charge is -2.29. The fourth-order valence-corrected chi connectivity index (χ4v) is 13.7. The summed E-state index contributed by atoms with van der Waals surface area (Å²) in [7, 11) is 1.40. The number of nitrogens with two attached hydrogens (primary N) is 3. The summed E-state index contributed by atoms with van der Waals surface area (Å²) < 4.78 is 0. The first-order valence-corrected chi connectivity index (χ1v) is 44.4. The van der Waals surface area contributed by atoms with Crippen molar-refractivity contribution in [2.24, 2.45) is 35.0 Å². The van der Waals surface area contributed by atoms with Crippen LogP contribution in [-0.4, -0.2) is 244 Å². The average molecular weight is 1850 g/mol. The summed E-state index contributed by atoms with van der Waals surface area (Å²) in [5.41, 5.74) is 19.1. The van der Waals surface area contributed by atoms with Gasteiger partial charge in [0.15, 0.2) is 5.96 Å². The minimum absolute atomic E-state index is 0.0208. The lowest BCUT2D eigenvalue weighted by atomic mass is 9.99. The lowest BCUT2D eigenvalue weighted by molar-refractivity contribution is -0.140. The van der Waals surface area contributed by atoms with Crippen LogP contribution in [0.2, 0.25) is 0 Å². The van der Waals surface area contributed by atoms with Gasteiger partial charge in [0, 0.05) is 52.2 Å². The normalized spacial score (nSPS) is 14.3. The zero-order valence-corrected chi connectivity index (χ0v) is 76.4. The SMILES string of the molecule is CCCC[C@H](NC(=O)[C@H](CCC(N)=O)NC(=O)[C@H](CCCCN)NC(=O)[C@@H](CCc1ccccc1)NC(=O)[C@H](CC(C)C)NC(=O)[C@H](CC(=O)O)NCc1ccccc1)C(=O)N[C@@H](CCC(=O)O)C(=O)N[C@@H](CCC(=O)O)C(=O)N[C@@H](CCC(=O)O)C(=O)N[C@@H](C)C(=O)N[C@H](C(=O)N[C@@H](CCCNC(=N)N)C(=O)N[C@@H](CC(C)C)C(=O)N[C@@H](Cc1ccccc1)C(=O)NC)C(C)C. The van der Waals surface area contributed by atoms with Crippen LogP contribution in [0.15, 0.2) is 91.0 Å². The number of unbranched alkanes of at least 4 members (excludes halogenated alkanes) is 2. The van der Waals surface area contributed by atoms with Crippen molar-refractivity contribution in [3.8, 4) is 0 Å². The number of primary amides is 1. The van der Waals surface area contributed by atoms with Crippen LogP contribution in [0.3, 0.4) is 0 Å². The Hall–Kier alpha value is -13.2. The Kier molecular flexibility index (Phi) is 51.9. The molecule has 43 heteroatoms. The van der Waals surface area contributed by atoms with Crippen LogP contribution in [0.25, 0.3) is 0 Å². The number of aliphatic carboxylic acids is 4. The van der Waals surface area contributed by atoms with Gasteiger partial charge in [0.25, 0.3) is 0 Å². The maximum absolute atomic E-state index is 14.8. The lowest BCUT2D eigenvalue weighted by Crippen LogP contribution is -2.61. The zero-order chi connectivity index (χ0) is 98.7. The Morgan fingerprint density at radius 3 is 1.06 bits per heavy atom. The van der Waals surface area contributed by atoms with Crippen LogP contribution >= 0.6 is 0 Å². The molecule has 0 heterocycles. The Morgan fingerprint density at radius 2 is 0.689 bits per heavy atom. The molecular formula is C89H136N20O23. The van der Waals surface area contributed by atoms with Crippen molar-refractivity contribution in [1.29, 1.82) is 5.41 Å². The van der Waals surface area contributed by atoms with Crippen molar-refractivity contribution >= 4 is 118 Å². The number of hydrogen-bond acceptors (Lipinski definition) is 22. The van der Waals surface area contributed by atoms with Gasteiger partial charge in [-0.15, -0.1) is 0 Å². The number of carbonyl (C=O) groups is 19. The summed E-state index contributed by atoms with van der Waals surface area (Å²) in [5.74, 6) is -22.2. The quantitative estimate of drug-likeness (QED) is 0.0178. The summed E-state index contributed by atoms with van der Waals surface area (Å²) in [4.78, 5) is 261. The Morgan fingerprint density at radius 1 is 0.348 bits per heavy atom. The first-order chi connectivity index (χ1) is 62.4. The third-order valence-corrected chi connectivity index (χ3v) is 21.0. The van der Waals surface area contributed by atoms with E-state index in [4.69, 9.17) is 22.6 Å². The molecule has 0 saturated heterocycles. The zero-order valence-electron chi connectivity index (χ0n) is 76.4. The minimum Gasteiger partial charge on any atom is -0.481 e. The van der Waals surface area contributed by atoms with Gasteiger partial charge in [-0.2, -0.15) is 0 Å². The predicted octanol–water partition coefficient (Wildman–Crippen LogP) is -1.25. The molecule has 15 amide bonds. The molecule has 3 rings (SSSR count). The predicted molar refractivity (Wildman–Crippen MR) is 483 cm³/mol. The smallest absolute Gasteiger partial charge is 0.305 e. The van der Waals surface area contributed by atoms with Gasteiger partial charge >= 0.3 is 23.9 Å². The van der Waals surface area contributed by atoms with E-state index in [1.54, 1.807) is 126 Å². The van der Waals surface area contributed by atoms with E-state index >= 15 is 0 Å². The van der Waals surface area contributed by atoms with Crippen molar-refractivity contribution in [2.45, 2.75) is 288 Å². The molecule has 132 heavy (non-hydrogen) atoms. The summed E-state index contributed by atoms with van der Waals surface area (Å²) >= 11 is 0. The number of likely N-dealkylation sites (N-methyl/N-ethyl adjacent to an activating group) is 1. The number of amides is 15. The monoisotopic (exact) mass is 1850 g/mol. The molecule has 43 nitrogen and oxygen atoms in total. The number of hydrogen-bond donors (Lipinski definition) is 24. The van der Waals surface area contributed by atoms with Crippen molar-refractivity contribution < 1.29 is 112 Å². The van der Waals surface area contributed by atoms with Crippen LogP contribution in [-0.2, 0) is 110 Å². The van der Waals surface area contributed by atoms with E-state index in [1.807, 2.05) is 0 Å². The number of nitrogens with one attached hydrogen (secondary N) is 17. The first-order valence-electron chi connectivity index (χ1n) is 44.4. The molecular weight excluding hydrogens is 1720 g/mol. The summed E-state index contributed by atoms with van der Waals surface area (Å²) in [6.45, 7) is 13.3. The van der Waals surface area contributed by atoms with Crippen LogP contribution in [0.4, 0.5) is 0 Å². The highest BCUT2D eigenvalue weighted by atomic mass is 16.4. The van der Waals surface area contributed by atoms with Gasteiger partial charge in [-0.3, -0.25) is 96.5 Å². The minimum atomic E-state index is -1.99. The third-order valence-electron chi connectivity index (χ3n) is 21.0. The van der Waals surface area contributed by atoms with Gasteiger partial charge in [-0.1, -0.05) is 152 Å². The highest BCUT2D eigenvalue weighted by Gasteiger charge is 2.39. The molecule has 3 aromatic carbocycles. The molecule has 0 bridgehead atoms. The van der Waals surface area contributed by atoms with Crippen LogP contribution < -0.4 is 102 Å². The largest absolute Gasteiger partial charge is 0.481 e. The topological polar surface area (TPSA) is 700 Å². The Labute approximate surface area is 767 Å². The number of guanidine groups is 1. The van der Waals surface area contributed by atoms with E-state index in [-0.39, 0.29) is 102 Å². The van der Waals surface area contributed by atoms with Crippen molar-refractivity contribution in [1.82, 2.24) is 85.1 Å². The number of benzene rings is 3. The Bertz CT molecular complexity index is 4320. The molecule has 3 aromatic rings. The first kappa shape index (κ1) is 113. The maximum Gasteiger partial charge on any atom is 0.305 e. The van der Waals surface area contributed by atoms with E-state index in [0.29, 0.717) is 12.8 Å². The van der Waals surface area contributed by atoms with E-state index in [0.717, 1.165) is 23.6 Å². The second-order valence-corrected chi connectivity index (χ2v) is 33.4. The molecule has 0 aliphatic carbocycles. The average Bonchev–Trinajstić information content (AvgIpc) is 0.875. The maximum atomic E-state index is 14.8. The fraction of sp³-hybridized carbons (Fsp3) is 0.573. The highest BCUT2D eigenvalue weighted by molar-refractivity contribution is 6.01. The molecule has 27 N–H and O–H groups in total. The van der Waals surface area contributed by atoms with E-state index in [1.165, 1.54) is 20.9 Å². The molecule has 0 saturated carbocycles. The molecule has 0 radical (unpaired) electrons. The van der Waals surface area contributed by atoms with Crippen LogP contribution in [0.1, 0.15) is 200 Å². The van der Waals surface area contributed by atoms with Crippen molar-refractivity contribution in [3.05, 3.63) is 108 Å². The van der Waals surface area contributed by atoms with Crippen molar-refractivity contribution in [3.63, 3.8) is 0 Å². The molecule has 0 aliphatic heterocycles. The summed E-state index contributed by atoms with van der Waals surface area (Å²) in [6.07, 6.45) is -5.57. The molecule has 0 aliphatic rings. The molecule has 730 valence electrons. The Balaban J connectivity index is 1.97. The van der Waals surface area contributed by atoms with Crippen LogP contribution in [0.5, 0.6) is 0 Å². The van der Waals surface area contributed by atoms with Crippen LogP contribution in [0, 0.1) is 23.2 Å². The second kappa shape index (κ2) is 60.6. The number of carboxylic acids is 4. The number of aryl methyl sites for hydroxylation is 1. The molecule has 0 fully saturated rings. The van der Waals surface area contributed by atoms with Crippen molar-refractivity contribution in [2.75, 3.05) is 20.1 Å². The number of rotatable bonds is 65. The van der Waals surface area contributed by atoms with Gasteiger partial charge in [0.05, 0.1) is 12.5 Å². The van der Waals surface area contributed by atoms with E-state index in [9.17, 15) is 112 Å². The summed E-state index contributed by atoms with van der Waals surface area (Å²) in [5, 5.41) is 88.0. The van der Waals surface area contributed by atoms with Gasteiger partial charge < -0.3 is 123 Å². The van der Waals surface area contributed by atoms with Gasteiger partial charge in [-0.05, 0) is 138 Å².